The lowest BCUT2D eigenvalue weighted by Crippen LogP contribution is -2.30. The molecule has 0 atom stereocenters. The van der Waals surface area contributed by atoms with Crippen LogP contribution in [0, 0.1) is 0 Å². The van der Waals surface area contributed by atoms with Gasteiger partial charge in [-0.25, -0.2) is 4.79 Å². The summed E-state index contributed by atoms with van der Waals surface area (Å²) in [7, 11) is 7.61. The molecule has 0 aliphatic rings. The maximum Gasteiger partial charge on any atom is 0.321 e. The first-order valence-corrected chi connectivity index (χ1v) is 7.81. The quantitative estimate of drug-likeness (QED) is 0.843. The van der Waals surface area contributed by atoms with Gasteiger partial charge in [0.25, 0.3) is 0 Å². The van der Waals surface area contributed by atoms with Gasteiger partial charge < -0.3 is 19.9 Å². The van der Waals surface area contributed by atoms with E-state index in [1.807, 2.05) is 51.6 Å². The number of amides is 2. The monoisotopic (exact) mass is 331 g/mol. The van der Waals surface area contributed by atoms with Crippen molar-refractivity contribution in [2.45, 2.75) is 6.54 Å². The number of aromatic nitrogens is 2. The average Bonchev–Trinajstić information content (AvgIpc) is 2.93. The maximum atomic E-state index is 12.2. The van der Waals surface area contributed by atoms with E-state index in [0.29, 0.717) is 13.2 Å². The number of hydrogen-bond donors (Lipinski definition) is 1. The van der Waals surface area contributed by atoms with Gasteiger partial charge in [-0.2, -0.15) is 5.10 Å². The molecule has 2 aromatic rings. The average molecular weight is 331 g/mol. The summed E-state index contributed by atoms with van der Waals surface area (Å²) in [4.78, 5) is 15.9. The van der Waals surface area contributed by atoms with Gasteiger partial charge in [0.1, 0.15) is 12.4 Å². The van der Waals surface area contributed by atoms with Gasteiger partial charge in [-0.1, -0.05) is 0 Å². The number of benzene rings is 1. The number of urea groups is 1. The van der Waals surface area contributed by atoms with Gasteiger partial charge in [0.05, 0.1) is 12.7 Å². The van der Waals surface area contributed by atoms with E-state index in [1.54, 1.807) is 22.8 Å². The summed E-state index contributed by atoms with van der Waals surface area (Å²) in [6, 6.07) is 7.21. The summed E-state index contributed by atoms with van der Waals surface area (Å²) in [6.07, 6.45) is 3.65. The third-order valence-electron chi connectivity index (χ3n) is 3.44. The van der Waals surface area contributed by atoms with Crippen LogP contribution in [-0.2, 0) is 13.6 Å². The van der Waals surface area contributed by atoms with E-state index in [0.717, 1.165) is 23.5 Å². The SMILES string of the molecule is CN(C)CCOc1ccc(NC(=O)N(C)Cc2cnn(C)c2)cc1. The Labute approximate surface area is 142 Å². The molecule has 0 saturated heterocycles. The Morgan fingerprint density at radius 1 is 1.25 bits per heavy atom. The first-order valence-electron chi connectivity index (χ1n) is 7.81. The van der Waals surface area contributed by atoms with E-state index in [9.17, 15) is 4.79 Å². The number of nitrogens with one attached hydrogen (secondary N) is 1. The second kappa shape index (κ2) is 8.35. The molecular formula is C17H25N5O2. The largest absolute Gasteiger partial charge is 0.492 e. The van der Waals surface area contributed by atoms with Gasteiger partial charge in [0.15, 0.2) is 0 Å². The zero-order valence-corrected chi connectivity index (χ0v) is 14.7. The number of nitrogens with zero attached hydrogens (tertiary/aromatic N) is 4. The highest BCUT2D eigenvalue weighted by Crippen LogP contribution is 2.16. The van der Waals surface area contributed by atoms with Gasteiger partial charge >= 0.3 is 6.03 Å². The lowest BCUT2D eigenvalue weighted by atomic mass is 10.3. The minimum absolute atomic E-state index is 0.167. The van der Waals surface area contributed by atoms with E-state index in [4.69, 9.17) is 4.74 Å². The van der Waals surface area contributed by atoms with Gasteiger partial charge in [0, 0.05) is 38.1 Å². The summed E-state index contributed by atoms with van der Waals surface area (Å²) in [5.41, 5.74) is 1.72. The number of ether oxygens (including phenoxy) is 1. The van der Waals surface area contributed by atoms with Crippen LogP contribution in [0.15, 0.2) is 36.7 Å². The number of anilines is 1. The van der Waals surface area contributed by atoms with E-state index < -0.39 is 0 Å². The van der Waals surface area contributed by atoms with Crippen molar-refractivity contribution in [2.75, 3.05) is 39.6 Å². The molecule has 0 saturated carbocycles. The van der Waals surface area contributed by atoms with E-state index in [2.05, 4.69) is 15.3 Å². The predicted molar refractivity (Wildman–Crippen MR) is 94.2 cm³/mol. The molecular weight excluding hydrogens is 306 g/mol. The summed E-state index contributed by atoms with van der Waals surface area (Å²) in [5.74, 6) is 0.790. The zero-order valence-electron chi connectivity index (χ0n) is 14.7. The second-order valence-corrected chi connectivity index (χ2v) is 5.98. The molecule has 2 rings (SSSR count). The first-order chi connectivity index (χ1) is 11.4. The fraction of sp³-hybridized carbons (Fsp3) is 0.412. The van der Waals surface area contributed by atoms with Crippen LogP contribution >= 0.6 is 0 Å². The molecule has 24 heavy (non-hydrogen) atoms. The van der Waals surface area contributed by atoms with Crippen LogP contribution in [-0.4, -0.2) is 59.9 Å². The Morgan fingerprint density at radius 3 is 2.54 bits per heavy atom. The standard InChI is InChI=1S/C17H25N5O2/c1-20(2)9-10-24-16-7-5-15(6-8-16)19-17(23)21(3)12-14-11-18-22(4)13-14/h5-8,11,13H,9-10,12H2,1-4H3,(H,19,23). The molecule has 7 nitrogen and oxygen atoms in total. The highest BCUT2D eigenvalue weighted by atomic mass is 16.5. The molecule has 7 heteroatoms. The van der Waals surface area contributed by atoms with Crippen molar-refractivity contribution in [2.24, 2.45) is 7.05 Å². The minimum atomic E-state index is -0.167. The van der Waals surface area contributed by atoms with Crippen molar-refractivity contribution in [3.63, 3.8) is 0 Å². The minimum Gasteiger partial charge on any atom is -0.492 e. The van der Waals surface area contributed by atoms with E-state index >= 15 is 0 Å². The van der Waals surface area contributed by atoms with Crippen molar-refractivity contribution in [1.29, 1.82) is 0 Å². The molecule has 1 heterocycles. The van der Waals surface area contributed by atoms with Crippen LogP contribution in [0.3, 0.4) is 0 Å². The molecule has 130 valence electrons. The number of aryl methyl sites for hydroxylation is 1. The second-order valence-electron chi connectivity index (χ2n) is 5.98. The molecule has 1 aromatic carbocycles. The van der Waals surface area contributed by atoms with Crippen LogP contribution < -0.4 is 10.1 Å². The Morgan fingerprint density at radius 2 is 1.96 bits per heavy atom. The zero-order chi connectivity index (χ0) is 17.5. The molecule has 2 amide bonds. The number of carbonyl (C=O) groups is 1. The number of rotatable bonds is 7. The third kappa shape index (κ3) is 5.58. The van der Waals surface area contributed by atoms with Crippen LogP contribution in [0.1, 0.15) is 5.56 Å². The van der Waals surface area contributed by atoms with Gasteiger partial charge in [-0.05, 0) is 38.4 Å². The van der Waals surface area contributed by atoms with E-state index in [-0.39, 0.29) is 6.03 Å². The summed E-state index contributed by atoms with van der Waals surface area (Å²) >= 11 is 0. The fourth-order valence-corrected chi connectivity index (χ4v) is 2.10. The Balaban J connectivity index is 1.82. The smallest absolute Gasteiger partial charge is 0.321 e. The Kier molecular flexibility index (Phi) is 6.20. The Bertz CT molecular complexity index is 651. The lowest BCUT2D eigenvalue weighted by molar-refractivity contribution is 0.220. The molecule has 0 radical (unpaired) electrons. The summed E-state index contributed by atoms with van der Waals surface area (Å²) in [5, 5.41) is 6.97. The first kappa shape index (κ1) is 17.8. The predicted octanol–water partition coefficient (Wildman–Crippen LogP) is 2.02. The number of carbonyl (C=O) groups excluding carboxylic acids is 1. The van der Waals surface area contributed by atoms with Crippen molar-refractivity contribution in [3.8, 4) is 5.75 Å². The Hall–Kier alpha value is -2.54. The fourth-order valence-electron chi connectivity index (χ4n) is 2.10. The van der Waals surface area contributed by atoms with Gasteiger partial charge in [-0.3, -0.25) is 4.68 Å². The van der Waals surface area contributed by atoms with Gasteiger partial charge in [-0.15, -0.1) is 0 Å². The normalized spacial score (nSPS) is 10.7. The van der Waals surface area contributed by atoms with Crippen molar-refractivity contribution >= 4 is 11.7 Å². The molecule has 1 N–H and O–H groups in total. The van der Waals surface area contributed by atoms with Crippen LogP contribution in [0.5, 0.6) is 5.75 Å². The van der Waals surface area contributed by atoms with Gasteiger partial charge in [0.2, 0.25) is 0 Å². The highest BCUT2D eigenvalue weighted by molar-refractivity contribution is 5.89. The molecule has 0 fully saturated rings. The molecule has 1 aromatic heterocycles. The lowest BCUT2D eigenvalue weighted by Gasteiger charge is -2.17. The van der Waals surface area contributed by atoms with Crippen molar-refractivity contribution in [3.05, 3.63) is 42.2 Å². The van der Waals surface area contributed by atoms with Crippen molar-refractivity contribution < 1.29 is 9.53 Å². The van der Waals surface area contributed by atoms with Crippen LogP contribution in [0.4, 0.5) is 10.5 Å². The maximum absolute atomic E-state index is 12.2. The molecule has 0 aliphatic carbocycles. The summed E-state index contributed by atoms with van der Waals surface area (Å²) < 4.78 is 7.35. The van der Waals surface area contributed by atoms with E-state index in [1.165, 1.54) is 0 Å². The molecule has 0 bridgehead atoms. The number of hydrogen-bond acceptors (Lipinski definition) is 4. The molecule has 0 aliphatic heterocycles. The highest BCUT2D eigenvalue weighted by Gasteiger charge is 2.10. The number of likely N-dealkylation sites (N-methyl/N-ethyl adjacent to an activating group) is 1. The van der Waals surface area contributed by atoms with Crippen molar-refractivity contribution in [1.82, 2.24) is 19.6 Å². The summed E-state index contributed by atoms with van der Waals surface area (Å²) in [6.45, 7) is 2.00. The van der Waals surface area contributed by atoms with Crippen LogP contribution in [0.2, 0.25) is 0 Å². The molecule has 0 spiro atoms. The topological polar surface area (TPSA) is 62.6 Å². The molecule has 0 unspecified atom stereocenters. The van der Waals surface area contributed by atoms with Crippen LogP contribution in [0.25, 0.3) is 0 Å². The third-order valence-corrected chi connectivity index (χ3v) is 3.44.